The average Bonchev–Trinajstić information content (AvgIpc) is 3.60. The van der Waals surface area contributed by atoms with Gasteiger partial charge in [0, 0.05) is 48.8 Å². The Morgan fingerprint density at radius 2 is 1.04 bits per heavy atom. The topological polar surface area (TPSA) is 25.8 Å². The van der Waals surface area contributed by atoms with Crippen LogP contribution in [-0.4, -0.2) is 9.97 Å². The second-order valence-corrected chi connectivity index (χ2v) is 14.0. The monoisotopic (exact) mass is 604 g/mol. The molecule has 46 heavy (non-hydrogen) atoms. The van der Waals surface area contributed by atoms with E-state index in [1.54, 1.807) is 12.4 Å². The summed E-state index contributed by atoms with van der Waals surface area (Å²) < 4.78 is 2.70. The highest BCUT2D eigenvalue weighted by Gasteiger charge is 2.36. The van der Waals surface area contributed by atoms with Crippen molar-refractivity contribution in [3.63, 3.8) is 0 Å². The largest absolute Gasteiger partial charge is 0.252 e. The quantitative estimate of drug-likeness (QED) is 0.183. The number of benzene rings is 7. The molecule has 0 saturated heterocycles. The molecule has 0 aliphatic heterocycles. The minimum Gasteiger partial charge on any atom is -0.252 e. The van der Waals surface area contributed by atoms with Crippen molar-refractivity contribution in [1.82, 2.24) is 9.97 Å². The Bertz CT molecular complexity index is 2700. The van der Waals surface area contributed by atoms with Crippen LogP contribution >= 0.6 is 11.3 Å². The van der Waals surface area contributed by atoms with Gasteiger partial charge in [0.15, 0.2) is 0 Å². The zero-order valence-corrected chi connectivity index (χ0v) is 26.3. The third kappa shape index (κ3) is 3.52. The first kappa shape index (κ1) is 25.9. The van der Waals surface area contributed by atoms with E-state index in [4.69, 9.17) is 9.97 Å². The van der Waals surface area contributed by atoms with Crippen LogP contribution in [0.25, 0.3) is 86.1 Å². The van der Waals surface area contributed by atoms with Gasteiger partial charge in [-0.25, -0.2) is 0 Å². The highest BCUT2D eigenvalue weighted by Crippen LogP contribution is 2.51. The van der Waals surface area contributed by atoms with Gasteiger partial charge < -0.3 is 0 Å². The molecule has 1 aliphatic rings. The molecule has 0 radical (unpaired) electrons. The van der Waals surface area contributed by atoms with Crippen LogP contribution in [0, 0.1) is 0 Å². The third-order valence-electron chi connectivity index (χ3n) is 10.2. The summed E-state index contributed by atoms with van der Waals surface area (Å²) in [5.74, 6) is 0. The van der Waals surface area contributed by atoms with E-state index in [0.29, 0.717) is 0 Å². The molecule has 3 heteroatoms. The molecule has 2 heterocycles. The van der Waals surface area contributed by atoms with Crippen molar-refractivity contribution >= 4 is 64.1 Å². The number of hydrogen-bond donors (Lipinski definition) is 0. The van der Waals surface area contributed by atoms with Gasteiger partial charge in [-0.3, -0.25) is 9.97 Å². The summed E-state index contributed by atoms with van der Waals surface area (Å²) in [5, 5.41) is 7.39. The maximum atomic E-state index is 4.75. The van der Waals surface area contributed by atoms with Crippen molar-refractivity contribution in [3.05, 3.63) is 145 Å². The van der Waals surface area contributed by atoms with E-state index in [1.807, 2.05) is 11.3 Å². The van der Waals surface area contributed by atoms with Gasteiger partial charge in [0.05, 0.1) is 11.0 Å². The summed E-state index contributed by atoms with van der Waals surface area (Å²) in [5.41, 5.74) is 12.3. The Hall–Kier alpha value is -5.38. The van der Waals surface area contributed by atoms with Crippen molar-refractivity contribution < 1.29 is 0 Å². The van der Waals surface area contributed by atoms with E-state index in [1.165, 1.54) is 75.5 Å². The minimum absolute atomic E-state index is 0.125. The molecule has 0 atom stereocenters. The van der Waals surface area contributed by atoms with Crippen molar-refractivity contribution in [2.24, 2.45) is 0 Å². The van der Waals surface area contributed by atoms with Gasteiger partial charge in [-0.1, -0.05) is 111 Å². The lowest BCUT2D eigenvalue weighted by molar-refractivity contribution is 0.661. The summed E-state index contributed by atoms with van der Waals surface area (Å²) in [7, 11) is 0. The lowest BCUT2D eigenvalue weighted by Crippen LogP contribution is -2.15. The Morgan fingerprint density at radius 1 is 0.457 bits per heavy atom. The van der Waals surface area contributed by atoms with Crippen LogP contribution in [0.2, 0.25) is 0 Å². The summed E-state index contributed by atoms with van der Waals surface area (Å²) in [6.07, 6.45) is 3.58. The maximum absolute atomic E-state index is 4.75. The van der Waals surface area contributed by atoms with Crippen molar-refractivity contribution in [2.75, 3.05) is 0 Å². The summed E-state index contributed by atoms with van der Waals surface area (Å²) in [4.78, 5) is 9.45. The molecule has 0 amide bonds. The van der Waals surface area contributed by atoms with Gasteiger partial charge in [0.2, 0.25) is 0 Å². The van der Waals surface area contributed by atoms with Gasteiger partial charge in [-0.15, -0.1) is 11.3 Å². The van der Waals surface area contributed by atoms with Gasteiger partial charge in [0.25, 0.3) is 0 Å². The first-order valence-corrected chi connectivity index (χ1v) is 16.6. The van der Waals surface area contributed by atoms with Crippen LogP contribution in [0.5, 0.6) is 0 Å². The zero-order chi connectivity index (χ0) is 30.6. The Morgan fingerprint density at radius 3 is 1.83 bits per heavy atom. The highest BCUT2D eigenvalue weighted by atomic mass is 32.1. The van der Waals surface area contributed by atoms with E-state index < -0.39 is 0 Å². The molecular weight excluding hydrogens is 577 g/mol. The molecule has 1 aliphatic carbocycles. The first-order chi connectivity index (χ1) is 22.6. The van der Waals surface area contributed by atoms with Crippen LogP contribution in [0.15, 0.2) is 134 Å². The van der Waals surface area contributed by atoms with Gasteiger partial charge in [-0.05, 0) is 79.5 Å². The molecule has 10 rings (SSSR count). The molecule has 0 spiro atoms. The highest BCUT2D eigenvalue weighted by molar-refractivity contribution is 7.26. The van der Waals surface area contributed by atoms with Crippen molar-refractivity contribution in [3.8, 4) is 33.4 Å². The van der Waals surface area contributed by atoms with E-state index in [9.17, 15) is 0 Å². The van der Waals surface area contributed by atoms with E-state index in [-0.39, 0.29) is 5.41 Å². The fraction of sp³-hybridized carbons (Fsp3) is 0.0698. The fourth-order valence-electron chi connectivity index (χ4n) is 7.87. The van der Waals surface area contributed by atoms with E-state index in [2.05, 4.69) is 135 Å². The second kappa shape index (κ2) is 9.32. The lowest BCUT2D eigenvalue weighted by atomic mass is 9.80. The third-order valence-corrected chi connectivity index (χ3v) is 11.4. The molecule has 216 valence electrons. The summed E-state index contributed by atoms with van der Waals surface area (Å²) >= 11 is 1.90. The number of rotatable bonds is 2. The van der Waals surface area contributed by atoms with Crippen molar-refractivity contribution in [1.29, 1.82) is 0 Å². The minimum atomic E-state index is -0.125. The van der Waals surface area contributed by atoms with Crippen molar-refractivity contribution in [2.45, 2.75) is 19.3 Å². The maximum Gasteiger partial charge on any atom is 0.0971 e. The molecule has 0 bridgehead atoms. The molecule has 0 saturated carbocycles. The molecule has 0 unspecified atom stereocenters. The zero-order valence-electron chi connectivity index (χ0n) is 25.5. The normalized spacial score (nSPS) is 13.6. The average molecular weight is 605 g/mol. The number of fused-ring (bicyclic) bond motifs is 12. The van der Waals surface area contributed by atoms with Crippen LogP contribution < -0.4 is 0 Å². The summed E-state index contributed by atoms with van der Waals surface area (Å²) in [6.45, 7) is 4.76. The standard InChI is InChI=1S/C43H28N2S/c1-43(2)37-23-26(25-15-19-34-36(22-25)29-8-3-4-10-33(29)40-41(34)45-21-20-44-40)14-17-30(37)31-18-16-27(24-38(31)43)28-11-7-12-35-32-9-5-6-13-39(32)46-42(28)35/h3-24H,1-2H3. The Balaban J connectivity index is 1.11. The van der Waals surface area contributed by atoms with Gasteiger partial charge in [-0.2, -0.15) is 0 Å². The SMILES string of the molecule is CC1(C)c2cc(-c3ccc4c(c3)c3ccccc3c3nccnc43)ccc2-c2ccc(-c3cccc4c3sc3ccccc34)cc21. The summed E-state index contributed by atoms with van der Waals surface area (Å²) in [6, 6.07) is 45.0. The lowest BCUT2D eigenvalue weighted by Gasteiger charge is -2.23. The van der Waals surface area contributed by atoms with Crippen LogP contribution in [0.1, 0.15) is 25.0 Å². The van der Waals surface area contributed by atoms with E-state index in [0.717, 1.165) is 21.8 Å². The fourth-order valence-corrected chi connectivity index (χ4v) is 9.11. The smallest absolute Gasteiger partial charge is 0.0971 e. The number of aromatic nitrogens is 2. The molecule has 0 N–H and O–H groups in total. The number of hydrogen-bond acceptors (Lipinski definition) is 3. The van der Waals surface area contributed by atoms with Crippen LogP contribution in [0.4, 0.5) is 0 Å². The molecule has 9 aromatic rings. The van der Waals surface area contributed by atoms with Crippen LogP contribution in [0.3, 0.4) is 0 Å². The number of thiophene rings is 1. The van der Waals surface area contributed by atoms with Gasteiger partial charge in [0.1, 0.15) is 0 Å². The molecule has 7 aromatic carbocycles. The molecule has 2 aromatic heterocycles. The predicted octanol–water partition coefficient (Wildman–Crippen LogP) is 11.9. The molecule has 0 fully saturated rings. The second-order valence-electron chi connectivity index (χ2n) is 13.0. The van der Waals surface area contributed by atoms with Gasteiger partial charge >= 0.3 is 0 Å². The Kier molecular flexibility index (Phi) is 5.25. The molecular formula is C43H28N2S. The number of nitrogens with zero attached hydrogens (tertiary/aromatic N) is 2. The van der Waals surface area contributed by atoms with Crippen LogP contribution in [-0.2, 0) is 5.41 Å². The predicted molar refractivity (Wildman–Crippen MR) is 196 cm³/mol. The van der Waals surface area contributed by atoms with E-state index >= 15 is 0 Å². The molecule has 2 nitrogen and oxygen atoms in total. The first-order valence-electron chi connectivity index (χ1n) is 15.8. The Labute approximate surface area is 270 Å².